The molecule has 0 atom stereocenters. The number of thioether (sulfide) groups is 1. The zero-order valence-corrected chi connectivity index (χ0v) is 15.8. The molecule has 128 valence electrons. The molecule has 0 spiro atoms. The van der Waals surface area contributed by atoms with Crippen molar-refractivity contribution in [2.45, 2.75) is 13.8 Å². The molecule has 0 aliphatic carbocycles. The van der Waals surface area contributed by atoms with Crippen LogP contribution in [0.5, 0.6) is 11.5 Å². The number of hydrogen-bond donors (Lipinski definition) is 0. The van der Waals surface area contributed by atoms with Gasteiger partial charge in [-0.1, -0.05) is 68.2 Å². The van der Waals surface area contributed by atoms with Gasteiger partial charge in [-0.15, -0.1) is 0 Å². The first kappa shape index (κ1) is 17.7. The topological polar surface area (TPSA) is 29.5 Å². The Balaban J connectivity index is 1.79. The number of nitrogens with zero attached hydrogens (tertiary/aromatic N) is 1. The number of rotatable bonds is 5. The third kappa shape index (κ3) is 4.50. The lowest BCUT2D eigenvalue weighted by molar-refractivity contribution is -0.122. The quantitative estimate of drug-likeness (QED) is 0.526. The number of carbonyl (C=O) groups is 1. The molecule has 1 heterocycles. The fourth-order valence-corrected chi connectivity index (χ4v) is 3.74. The summed E-state index contributed by atoms with van der Waals surface area (Å²) in [4.78, 5) is 14.9. The van der Waals surface area contributed by atoms with Crippen LogP contribution >= 0.6 is 24.0 Å². The van der Waals surface area contributed by atoms with Gasteiger partial charge < -0.3 is 4.74 Å². The second kappa shape index (κ2) is 7.85. The van der Waals surface area contributed by atoms with E-state index in [9.17, 15) is 4.79 Å². The number of hydrogen-bond acceptors (Lipinski definition) is 4. The van der Waals surface area contributed by atoms with E-state index in [2.05, 4.69) is 13.8 Å². The van der Waals surface area contributed by atoms with Gasteiger partial charge in [0.2, 0.25) is 0 Å². The maximum absolute atomic E-state index is 12.5. The van der Waals surface area contributed by atoms with Crippen molar-refractivity contribution in [1.29, 1.82) is 0 Å². The third-order valence-corrected chi connectivity index (χ3v) is 4.93. The van der Waals surface area contributed by atoms with Crippen LogP contribution in [-0.2, 0) is 4.79 Å². The normalized spacial score (nSPS) is 16.1. The minimum atomic E-state index is -0.0157. The molecule has 1 amide bonds. The molecule has 0 saturated carbocycles. The van der Waals surface area contributed by atoms with E-state index in [1.54, 1.807) is 4.90 Å². The van der Waals surface area contributed by atoms with Crippen molar-refractivity contribution in [3.05, 3.63) is 65.1 Å². The summed E-state index contributed by atoms with van der Waals surface area (Å²) in [6.07, 6.45) is 1.87. The molecule has 0 unspecified atom stereocenters. The highest BCUT2D eigenvalue weighted by atomic mass is 32.2. The molecule has 0 N–H and O–H groups in total. The minimum absolute atomic E-state index is 0.0157. The average Bonchev–Trinajstić information content (AvgIpc) is 2.83. The molecule has 1 saturated heterocycles. The molecule has 0 radical (unpaired) electrons. The van der Waals surface area contributed by atoms with Crippen LogP contribution in [0.15, 0.2) is 59.5 Å². The van der Waals surface area contributed by atoms with Crippen molar-refractivity contribution < 1.29 is 9.53 Å². The van der Waals surface area contributed by atoms with E-state index in [0.29, 0.717) is 21.7 Å². The van der Waals surface area contributed by atoms with Crippen molar-refractivity contribution in [3.8, 4) is 11.5 Å². The highest BCUT2D eigenvalue weighted by Gasteiger charge is 2.32. The van der Waals surface area contributed by atoms with Gasteiger partial charge in [-0.3, -0.25) is 9.69 Å². The molecule has 1 aliphatic heterocycles. The van der Waals surface area contributed by atoms with E-state index in [4.69, 9.17) is 17.0 Å². The van der Waals surface area contributed by atoms with Crippen molar-refractivity contribution in [2.24, 2.45) is 5.92 Å². The lowest BCUT2D eigenvalue weighted by atomic mass is 10.2. The molecule has 2 aromatic carbocycles. The minimum Gasteiger partial charge on any atom is -0.457 e. The van der Waals surface area contributed by atoms with E-state index in [0.717, 1.165) is 17.1 Å². The van der Waals surface area contributed by atoms with Crippen molar-refractivity contribution >= 4 is 40.3 Å². The van der Waals surface area contributed by atoms with Crippen molar-refractivity contribution in [3.63, 3.8) is 0 Å². The standard InChI is InChI=1S/C20H19NO2S2/c1-14(2)13-21-19(22)18(25-20(21)24)12-15-7-6-10-17(11-15)23-16-8-4-3-5-9-16/h3-12,14H,13H2,1-2H3. The number of para-hydroxylation sites is 1. The van der Waals surface area contributed by atoms with E-state index in [-0.39, 0.29) is 5.91 Å². The molecule has 1 aliphatic rings. The Morgan fingerprint density at radius 3 is 2.56 bits per heavy atom. The lowest BCUT2D eigenvalue weighted by Crippen LogP contribution is -2.31. The summed E-state index contributed by atoms with van der Waals surface area (Å²) < 4.78 is 6.47. The van der Waals surface area contributed by atoms with Gasteiger partial charge in [0.25, 0.3) is 5.91 Å². The zero-order valence-electron chi connectivity index (χ0n) is 14.1. The number of benzene rings is 2. The van der Waals surface area contributed by atoms with Crippen molar-refractivity contribution in [1.82, 2.24) is 4.90 Å². The summed E-state index contributed by atoms with van der Waals surface area (Å²) in [5.41, 5.74) is 0.915. The van der Waals surface area contributed by atoms with Gasteiger partial charge in [0, 0.05) is 6.54 Å². The zero-order chi connectivity index (χ0) is 17.8. The van der Waals surface area contributed by atoms with Gasteiger partial charge in [0.15, 0.2) is 0 Å². The van der Waals surface area contributed by atoms with Gasteiger partial charge in [-0.05, 0) is 41.8 Å². The summed E-state index contributed by atoms with van der Waals surface area (Å²) in [5.74, 6) is 1.88. The molecule has 0 bridgehead atoms. The van der Waals surface area contributed by atoms with Crippen LogP contribution in [0.25, 0.3) is 6.08 Å². The summed E-state index contributed by atoms with van der Waals surface area (Å²) >= 11 is 6.70. The van der Waals surface area contributed by atoms with Crippen LogP contribution in [0.4, 0.5) is 0 Å². The number of thiocarbonyl (C=S) groups is 1. The summed E-state index contributed by atoms with van der Waals surface area (Å²) in [6.45, 7) is 4.80. The maximum Gasteiger partial charge on any atom is 0.266 e. The van der Waals surface area contributed by atoms with Crippen LogP contribution < -0.4 is 4.74 Å². The Morgan fingerprint density at radius 2 is 1.84 bits per heavy atom. The largest absolute Gasteiger partial charge is 0.457 e. The Kier molecular flexibility index (Phi) is 5.56. The van der Waals surface area contributed by atoms with Gasteiger partial charge in [0.05, 0.1) is 4.91 Å². The van der Waals surface area contributed by atoms with Gasteiger partial charge in [-0.2, -0.15) is 0 Å². The van der Waals surface area contributed by atoms with Gasteiger partial charge in [-0.25, -0.2) is 0 Å². The first-order valence-corrected chi connectivity index (χ1v) is 9.34. The molecule has 3 nitrogen and oxygen atoms in total. The second-order valence-electron chi connectivity index (χ2n) is 6.17. The predicted octanol–water partition coefficient (Wildman–Crippen LogP) is 5.34. The van der Waals surface area contributed by atoms with E-state index in [1.165, 1.54) is 11.8 Å². The van der Waals surface area contributed by atoms with Crippen LogP contribution in [0, 0.1) is 5.92 Å². The van der Waals surface area contributed by atoms with Crippen LogP contribution in [-0.4, -0.2) is 21.7 Å². The summed E-state index contributed by atoms with van der Waals surface area (Å²) in [5, 5.41) is 0. The van der Waals surface area contributed by atoms with Gasteiger partial charge in [0.1, 0.15) is 15.8 Å². The Bertz CT molecular complexity index is 815. The summed E-state index contributed by atoms with van der Waals surface area (Å²) in [7, 11) is 0. The van der Waals surface area contributed by atoms with Crippen LogP contribution in [0.1, 0.15) is 19.4 Å². The van der Waals surface area contributed by atoms with Gasteiger partial charge >= 0.3 is 0 Å². The predicted molar refractivity (Wildman–Crippen MR) is 108 cm³/mol. The average molecular weight is 370 g/mol. The number of carbonyl (C=O) groups excluding carboxylic acids is 1. The molecule has 2 aromatic rings. The smallest absolute Gasteiger partial charge is 0.266 e. The Labute approximate surface area is 157 Å². The molecule has 0 aromatic heterocycles. The first-order valence-electron chi connectivity index (χ1n) is 8.11. The van der Waals surface area contributed by atoms with Crippen LogP contribution in [0.3, 0.4) is 0 Å². The van der Waals surface area contributed by atoms with E-state index in [1.807, 2.05) is 60.7 Å². The third-order valence-electron chi connectivity index (χ3n) is 3.56. The van der Waals surface area contributed by atoms with E-state index >= 15 is 0 Å². The molecule has 5 heteroatoms. The molecular weight excluding hydrogens is 350 g/mol. The first-order chi connectivity index (χ1) is 12.0. The SMILES string of the molecule is CC(C)CN1C(=O)C(=Cc2cccc(Oc3ccccc3)c2)SC1=S. The summed E-state index contributed by atoms with van der Waals surface area (Å²) in [6, 6.07) is 17.3. The molecular formula is C20H19NO2S2. The van der Waals surface area contributed by atoms with E-state index < -0.39 is 0 Å². The fourth-order valence-electron chi connectivity index (χ4n) is 2.47. The Morgan fingerprint density at radius 1 is 1.12 bits per heavy atom. The van der Waals surface area contributed by atoms with Crippen molar-refractivity contribution in [2.75, 3.05) is 6.54 Å². The molecule has 1 fully saturated rings. The maximum atomic E-state index is 12.5. The Hall–Kier alpha value is -2.11. The lowest BCUT2D eigenvalue weighted by Gasteiger charge is -2.16. The monoisotopic (exact) mass is 369 g/mol. The molecule has 25 heavy (non-hydrogen) atoms. The highest BCUT2D eigenvalue weighted by molar-refractivity contribution is 8.26. The fraction of sp³-hybridized carbons (Fsp3) is 0.200. The number of amides is 1. The molecule has 3 rings (SSSR count). The number of ether oxygens (including phenoxy) is 1. The van der Waals surface area contributed by atoms with Crippen LogP contribution in [0.2, 0.25) is 0 Å². The second-order valence-corrected chi connectivity index (χ2v) is 7.85. The highest BCUT2D eigenvalue weighted by Crippen LogP contribution is 2.33.